The van der Waals surface area contributed by atoms with Crippen LogP contribution < -0.4 is 5.32 Å². The number of hydrogen-bond donors (Lipinski definition) is 1. The first-order valence-electron chi connectivity index (χ1n) is 7.21. The molecule has 1 heterocycles. The van der Waals surface area contributed by atoms with Crippen LogP contribution in [-0.2, 0) is 11.8 Å². The van der Waals surface area contributed by atoms with E-state index in [1.807, 2.05) is 39.3 Å². The highest BCUT2D eigenvalue weighted by Crippen LogP contribution is 2.25. The van der Waals surface area contributed by atoms with Gasteiger partial charge in [0, 0.05) is 12.7 Å². The molecular weight excluding hydrogens is 296 g/mol. The summed E-state index contributed by atoms with van der Waals surface area (Å²) in [5.41, 5.74) is 4.26. The fourth-order valence-corrected chi connectivity index (χ4v) is 3.16. The number of thioether (sulfide) groups is 1. The first-order valence-corrected chi connectivity index (χ1v) is 8.09. The molecule has 1 amide bonds. The van der Waals surface area contributed by atoms with E-state index < -0.39 is 0 Å². The Labute approximate surface area is 135 Å². The molecule has 0 fully saturated rings. The van der Waals surface area contributed by atoms with Gasteiger partial charge in [0.05, 0.1) is 5.25 Å². The van der Waals surface area contributed by atoms with Crippen LogP contribution in [0, 0.1) is 27.7 Å². The molecule has 6 heteroatoms. The molecule has 22 heavy (non-hydrogen) atoms. The van der Waals surface area contributed by atoms with Crippen molar-refractivity contribution < 1.29 is 4.79 Å². The minimum Gasteiger partial charge on any atom is -0.325 e. The van der Waals surface area contributed by atoms with Crippen molar-refractivity contribution in [3.05, 3.63) is 34.6 Å². The molecule has 5 nitrogen and oxygen atoms in total. The average Bonchev–Trinajstić information content (AvgIpc) is 2.74. The molecule has 0 aliphatic heterocycles. The highest BCUT2D eigenvalue weighted by Gasteiger charge is 2.19. The smallest absolute Gasteiger partial charge is 0.237 e. The summed E-state index contributed by atoms with van der Waals surface area (Å²) >= 11 is 1.41. The number of anilines is 1. The number of hydrogen-bond acceptors (Lipinski definition) is 4. The number of amides is 1. The van der Waals surface area contributed by atoms with Crippen LogP contribution in [-0.4, -0.2) is 25.9 Å². The minimum absolute atomic E-state index is 0.0271. The van der Waals surface area contributed by atoms with Crippen LogP contribution in [0.25, 0.3) is 0 Å². The Hall–Kier alpha value is -1.82. The lowest BCUT2D eigenvalue weighted by molar-refractivity contribution is -0.115. The Morgan fingerprint density at radius 1 is 1.18 bits per heavy atom. The quantitative estimate of drug-likeness (QED) is 0.880. The van der Waals surface area contributed by atoms with Gasteiger partial charge in [0.1, 0.15) is 5.82 Å². The third-order valence-corrected chi connectivity index (χ3v) is 4.76. The Morgan fingerprint density at radius 3 is 2.27 bits per heavy atom. The zero-order valence-corrected chi connectivity index (χ0v) is 14.7. The van der Waals surface area contributed by atoms with Gasteiger partial charge in [-0.3, -0.25) is 4.79 Å². The van der Waals surface area contributed by atoms with Gasteiger partial charge in [-0.25, -0.2) is 0 Å². The molecule has 0 spiro atoms. The summed E-state index contributed by atoms with van der Waals surface area (Å²) in [6, 6.07) is 4.15. The van der Waals surface area contributed by atoms with Crippen LogP contribution in [0.3, 0.4) is 0 Å². The molecule has 2 aromatic rings. The predicted molar refractivity (Wildman–Crippen MR) is 90.3 cm³/mol. The molecule has 1 atom stereocenters. The van der Waals surface area contributed by atoms with E-state index in [1.54, 1.807) is 0 Å². The van der Waals surface area contributed by atoms with Crippen molar-refractivity contribution in [1.82, 2.24) is 14.8 Å². The fraction of sp³-hybridized carbons (Fsp3) is 0.438. The number of aromatic nitrogens is 3. The summed E-state index contributed by atoms with van der Waals surface area (Å²) in [4.78, 5) is 12.4. The van der Waals surface area contributed by atoms with E-state index in [1.165, 1.54) is 17.3 Å². The number of aryl methyl sites for hydroxylation is 4. The fourth-order valence-electron chi connectivity index (χ4n) is 2.30. The Morgan fingerprint density at radius 2 is 1.77 bits per heavy atom. The van der Waals surface area contributed by atoms with Crippen molar-refractivity contribution in [1.29, 1.82) is 0 Å². The van der Waals surface area contributed by atoms with Crippen LogP contribution in [0.15, 0.2) is 17.3 Å². The number of carbonyl (C=O) groups is 1. The van der Waals surface area contributed by atoms with E-state index in [-0.39, 0.29) is 11.2 Å². The molecule has 0 saturated carbocycles. The third-order valence-electron chi connectivity index (χ3n) is 3.63. The maximum absolute atomic E-state index is 12.4. The first kappa shape index (κ1) is 16.5. The molecule has 1 N–H and O–H groups in total. The second-order valence-electron chi connectivity index (χ2n) is 5.61. The van der Waals surface area contributed by atoms with Gasteiger partial charge in [0.2, 0.25) is 5.91 Å². The monoisotopic (exact) mass is 318 g/mol. The molecule has 0 unspecified atom stereocenters. The standard InChI is InChI=1S/C16H22N4OS/c1-9-7-10(2)14(11(3)8-9)17-15(21)12(4)22-16-19-18-13(5)20(16)6/h7-8,12H,1-6H3,(H,17,21)/t12-/m0/s1. The topological polar surface area (TPSA) is 59.8 Å². The van der Waals surface area contributed by atoms with Crippen molar-refractivity contribution in [3.8, 4) is 0 Å². The van der Waals surface area contributed by atoms with Gasteiger partial charge in [-0.1, -0.05) is 29.5 Å². The maximum atomic E-state index is 12.4. The zero-order valence-electron chi connectivity index (χ0n) is 13.9. The Bertz CT molecular complexity index is 685. The van der Waals surface area contributed by atoms with E-state index in [9.17, 15) is 4.79 Å². The zero-order chi connectivity index (χ0) is 16.4. The van der Waals surface area contributed by atoms with Crippen LogP contribution in [0.2, 0.25) is 0 Å². The third kappa shape index (κ3) is 3.50. The molecule has 0 radical (unpaired) electrons. The minimum atomic E-state index is -0.248. The number of nitrogens with one attached hydrogen (secondary N) is 1. The summed E-state index contributed by atoms with van der Waals surface area (Å²) in [5, 5.41) is 11.6. The molecule has 0 aliphatic carbocycles. The van der Waals surface area contributed by atoms with E-state index >= 15 is 0 Å². The van der Waals surface area contributed by atoms with Crippen LogP contribution in [0.5, 0.6) is 0 Å². The lowest BCUT2D eigenvalue weighted by Gasteiger charge is -2.16. The molecule has 1 aromatic heterocycles. The summed E-state index contributed by atoms with van der Waals surface area (Å²) in [7, 11) is 1.90. The lowest BCUT2D eigenvalue weighted by Crippen LogP contribution is -2.23. The normalized spacial score (nSPS) is 12.3. The molecule has 118 valence electrons. The van der Waals surface area contributed by atoms with Gasteiger partial charge in [-0.2, -0.15) is 0 Å². The number of nitrogens with zero attached hydrogens (tertiary/aromatic N) is 3. The van der Waals surface area contributed by atoms with Crippen LogP contribution >= 0.6 is 11.8 Å². The molecule has 2 rings (SSSR count). The van der Waals surface area contributed by atoms with Gasteiger partial charge in [0.25, 0.3) is 0 Å². The molecule has 0 aliphatic rings. The molecular formula is C16H22N4OS. The first-order chi connectivity index (χ1) is 10.3. The van der Waals surface area contributed by atoms with E-state index in [4.69, 9.17) is 0 Å². The van der Waals surface area contributed by atoms with Crippen LogP contribution in [0.1, 0.15) is 29.4 Å². The van der Waals surface area contributed by atoms with Crippen molar-refractivity contribution in [2.24, 2.45) is 7.05 Å². The number of carbonyl (C=O) groups excluding carboxylic acids is 1. The summed E-state index contributed by atoms with van der Waals surface area (Å²) in [6.07, 6.45) is 0. The molecule has 1 aromatic carbocycles. The highest BCUT2D eigenvalue weighted by molar-refractivity contribution is 8.00. The number of benzene rings is 1. The Balaban J connectivity index is 2.11. The second-order valence-corrected chi connectivity index (χ2v) is 6.92. The largest absolute Gasteiger partial charge is 0.325 e. The van der Waals surface area contributed by atoms with Crippen molar-refractivity contribution >= 4 is 23.4 Å². The van der Waals surface area contributed by atoms with Crippen molar-refractivity contribution in [2.75, 3.05) is 5.32 Å². The summed E-state index contributed by atoms with van der Waals surface area (Å²) in [5.74, 6) is 0.807. The van der Waals surface area contributed by atoms with Gasteiger partial charge in [0.15, 0.2) is 5.16 Å². The SMILES string of the molecule is Cc1cc(C)c(NC(=O)[C@H](C)Sc2nnc(C)n2C)c(C)c1. The maximum Gasteiger partial charge on any atom is 0.237 e. The van der Waals surface area contributed by atoms with Crippen molar-refractivity contribution in [3.63, 3.8) is 0 Å². The van der Waals surface area contributed by atoms with Gasteiger partial charge in [-0.15, -0.1) is 10.2 Å². The molecule has 0 bridgehead atoms. The van der Waals surface area contributed by atoms with Gasteiger partial charge >= 0.3 is 0 Å². The van der Waals surface area contributed by atoms with Crippen LogP contribution in [0.4, 0.5) is 5.69 Å². The Kier molecular flexibility index (Phi) is 4.90. The summed E-state index contributed by atoms with van der Waals surface area (Å²) < 4.78 is 1.89. The second kappa shape index (κ2) is 6.52. The van der Waals surface area contributed by atoms with E-state index in [0.29, 0.717) is 0 Å². The number of rotatable bonds is 4. The average molecular weight is 318 g/mol. The lowest BCUT2D eigenvalue weighted by atomic mass is 10.1. The summed E-state index contributed by atoms with van der Waals surface area (Å²) in [6.45, 7) is 9.85. The molecule has 0 saturated heterocycles. The van der Waals surface area contributed by atoms with Gasteiger partial charge < -0.3 is 9.88 Å². The predicted octanol–water partition coefficient (Wildman–Crippen LogP) is 3.17. The highest BCUT2D eigenvalue weighted by atomic mass is 32.2. The van der Waals surface area contributed by atoms with E-state index in [0.717, 1.165) is 27.8 Å². The van der Waals surface area contributed by atoms with E-state index in [2.05, 4.69) is 34.6 Å². The van der Waals surface area contributed by atoms with Gasteiger partial charge in [-0.05, 0) is 45.7 Å². The van der Waals surface area contributed by atoms with Crippen molar-refractivity contribution in [2.45, 2.75) is 45.0 Å².